The molecule has 7 heteroatoms. The molecule has 1 amide bonds. The summed E-state index contributed by atoms with van der Waals surface area (Å²) in [6, 6.07) is 8.41. The monoisotopic (exact) mass is 347 g/mol. The van der Waals surface area contributed by atoms with Gasteiger partial charge >= 0.3 is 0 Å². The molecule has 3 rings (SSSR count). The third kappa shape index (κ3) is 4.08. The van der Waals surface area contributed by atoms with Gasteiger partial charge in [-0.2, -0.15) is 0 Å². The van der Waals surface area contributed by atoms with Crippen molar-refractivity contribution in [3.05, 3.63) is 41.6 Å². The molecule has 1 atom stereocenters. The second-order valence-electron chi connectivity index (χ2n) is 5.43. The number of hydrogen-bond acceptors (Lipinski definition) is 5. The lowest BCUT2D eigenvalue weighted by molar-refractivity contribution is -0.116. The molecule has 1 aliphatic heterocycles. The highest BCUT2D eigenvalue weighted by molar-refractivity contribution is 6.30. The van der Waals surface area contributed by atoms with Gasteiger partial charge in [0.05, 0.1) is 18.2 Å². The van der Waals surface area contributed by atoms with Gasteiger partial charge < -0.3 is 20.1 Å². The minimum atomic E-state index is -0.452. The Bertz CT molecular complexity index is 722. The fraction of sp³-hybridized carbons (Fsp3) is 0.294. The minimum absolute atomic E-state index is 0.197. The van der Waals surface area contributed by atoms with E-state index in [0.29, 0.717) is 29.8 Å². The maximum absolute atomic E-state index is 12.2. The predicted octanol–water partition coefficient (Wildman–Crippen LogP) is 3.34. The van der Waals surface area contributed by atoms with Crippen LogP contribution in [0.15, 0.2) is 36.5 Å². The number of rotatable bonds is 4. The molecular formula is C17H18ClN3O3. The second-order valence-corrected chi connectivity index (χ2v) is 5.87. The van der Waals surface area contributed by atoms with E-state index in [0.717, 1.165) is 17.9 Å². The summed E-state index contributed by atoms with van der Waals surface area (Å²) < 4.78 is 11.2. The summed E-state index contributed by atoms with van der Waals surface area (Å²) >= 11 is 5.78. The molecule has 2 heterocycles. The van der Waals surface area contributed by atoms with E-state index in [9.17, 15) is 4.79 Å². The van der Waals surface area contributed by atoms with E-state index in [4.69, 9.17) is 21.1 Å². The van der Waals surface area contributed by atoms with Crippen LogP contribution >= 0.6 is 11.6 Å². The van der Waals surface area contributed by atoms with Crippen molar-refractivity contribution >= 4 is 29.0 Å². The molecule has 0 spiro atoms. The summed E-state index contributed by atoms with van der Waals surface area (Å²) in [7, 11) is 0. The number of nitrogens with one attached hydrogen (secondary N) is 2. The molecule has 0 radical (unpaired) electrons. The maximum atomic E-state index is 12.2. The van der Waals surface area contributed by atoms with Gasteiger partial charge in [-0.1, -0.05) is 11.6 Å². The highest BCUT2D eigenvalue weighted by atomic mass is 35.5. The lowest BCUT2D eigenvalue weighted by atomic mass is 10.2. The first-order valence-electron chi connectivity index (χ1n) is 7.70. The number of nitrogens with zero attached hydrogens (tertiary/aromatic N) is 1. The normalized spacial score (nSPS) is 14.4. The quantitative estimate of drug-likeness (QED) is 0.887. The molecule has 126 valence electrons. The van der Waals surface area contributed by atoms with E-state index in [1.165, 1.54) is 6.20 Å². The Balaban J connectivity index is 1.63. The van der Waals surface area contributed by atoms with Crippen molar-refractivity contribution in [3.8, 4) is 11.5 Å². The molecule has 0 fully saturated rings. The van der Waals surface area contributed by atoms with Crippen molar-refractivity contribution in [1.29, 1.82) is 0 Å². The van der Waals surface area contributed by atoms with Gasteiger partial charge in [0.25, 0.3) is 0 Å². The Kier molecular flexibility index (Phi) is 5.05. The van der Waals surface area contributed by atoms with E-state index in [2.05, 4.69) is 15.6 Å². The summed E-state index contributed by atoms with van der Waals surface area (Å²) in [6.07, 6.45) is 2.34. The number of aromatic nitrogens is 1. The second kappa shape index (κ2) is 7.40. The number of fused-ring (bicyclic) bond motifs is 1. The van der Waals surface area contributed by atoms with Crippen molar-refractivity contribution in [2.24, 2.45) is 0 Å². The molecule has 0 aliphatic carbocycles. The minimum Gasteiger partial charge on any atom is -0.490 e. The number of pyridine rings is 1. The van der Waals surface area contributed by atoms with Crippen molar-refractivity contribution in [2.45, 2.75) is 19.4 Å². The zero-order chi connectivity index (χ0) is 16.9. The van der Waals surface area contributed by atoms with E-state index in [1.807, 2.05) is 18.2 Å². The fourth-order valence-electron chi connectivity index (χ4n) is 2.25. The third-order valence-electron chi connectivity index (χ3n) is 3.50. The number of hydrogen-bond donors (Lipinski definition) is 2. The first-order valence-corrected chi connectivity index (χ1v) is 8.08. The molecule has 24 heavy (non-hydrogen) atoms. The molecule has 1 aliphatic rings. The van der Waals surface area contributed by atoms with Crippen LogP contribution in [0.2, 0.25) is 5.02 Å². The van der Waals surface area contributed by atoms with Gasteiger partial charge in [0.15, 0.2) is 11.5 Å². The average Bonchev–Trinajstić information content (AvgIpc) is 2.81. The lowest BCUT2D eigenvalue weighted by Crippen LogP contribution is -2.32. The van der Waals surface area contributed by atoms with Crippen molar-refractivity contribution in [3.63, 3.8) is 0 Å². The summed E-state index contributed by atoms with van der Waals surface area (Å²) in [5.74, 6) is 1.67. The molecule has 0 saturated heterocycles. The summed E-state index contributed by atoms with van der Waals surface area (Å²) in [5.41, 5.74) is 0.783. The van der Waals surface area contributed by atoms with Crippen LogP contribution in [0.25, 0.3) is 0 Å². The van der Waals surface area contributed by atoms with Gasteiger partial charge in [-0.05, 0) is 31.2 Å². The standard InChI is InChI=1S/C17H18ClN3O3/c1-11(17(22)21-16-6-3-12(18)10-19-16)20-13-4-5-14-15(9-13)24-8-2-7-23-14/h3-6,9-11,20H,2,7-8H2,1H3,(H,19,21,22)/t11-/m1/s1. The molecule has 1 aromatic heterocycles. The van der Waals surface area contributed by atoms with Crippen LogP contribution in [0.4, 0.5) is 11.5 Å². The van der Waals surface area contributed by atoms with Crippen LogP contribution in [-0.2, 0) is 4.79 Å². The average molecular weight is 348 g/mol. The van der Waals surface area contributed by atoms with Crippen LogP contribution in [0.3, 0.4) is 0 Å². The van der Waals surface area contributed by atoms with Crippen LogP contribution in [-0.4, -0.2) is 30.1 Å². The molecule has 2 N–H and O–H groups in total. The smallest absolute Gasteiger partial charge is 0.247 e. The SMILES string of the molecule is C[C@@H](Nc1ccc2c(c1)OCCCO2)C(=O)Nc1ccc(Cl)cn1. The first kappa shape index (κ1) is 16.4. The summed E-state index contributed by atoms with van der Waals surface area (Å²) in [5, 5.41) is 6.40. The number of carbonyl (C=O) groups excluding carboxylic acids is 1. The highest BCUT2D eigenvalue weighted by Crippen LogP contribution is 2.32. The number of halogens is 1. The van der Waals surface area contributed by atoms with Gasteiger partial charge in [0.1, 0.15) is 11.9 Å². The summed E-state index contributed by atoms with van der Waals surface area (Å²) in [6.45, 7) is 3.04. The highest BCUT2D eigenvalue weighted by Gasteiger charge is 2.16. The topological polar surface area (TPSA) is 72.5 Å². The van der Waals surface area contributed by atoms with Crippen LogP contribution in [0.5, 0.6) is 11.5 Å². The Morgan fingerprint density at radius 1 is 1.21 bits per heavy atom. The lowest BCUT2D eigenvalue weighted by Gasteiger charge is -2.16. The van der Waals surface area contributed by atoms with Gasteiger partial charge in [-0.25, -0.2) is 4.98 Å². The van der Waals surface area contributed by atoms with Crippen LogP contribution < -0.4 is 20.1 Å². The molecular weight excluding hydrogens is 330 g/mol. The largest absolute Gasteiger partial charge is 0.490 e. The number of amides is 1. The number of ether oxygens (including phenoxy) is 2. The number of benzene rings is 1. The predicted molar refractivity (Wildman–Crippen MR) is 93.0 cm³/mol. The van der Waals surface area contributed by atoms with Gasteiger partial charge in [0.2, 0.25) is 5.91 Å². The van der Waals surface area contributed by atoms with Crippen LogP contribution in [0.1, 0.15) is 13.3 Å². The fourth-order valence-corrected chi connectivity index (χ4v) is 2.36. The molecule has 6 nitrogen and oxygen atoms in total. The number of anilines is 2. The molecule has 0 saturated carbocycles. The van der Waals surface area contributed by atoms with Crippen molar-refractivity contribution in [2.75, 3.05) is 23.8 Å². The summed E-state index contributed by atoms with van der Waals surface area (Å²) in [4.78, 5) is 16.3. The van der Waals surface area contributed by atoms with E-state index >= 15 is 0 Å². The van der Waals surface area contributed by atoms with Gasteiger partial charge in [0, 0.05) is 24.4 Å². The molecule has 0 unspecified atom stereocenters. The third-order valence-corrected chi connectivity index (χ3v) is 3.73. The maximum Gasteiger partial charge on any atom is 0.247 e. The Morgan fingerprint density at radius 3 is 2.75 bits per heavy atom. The van der Waals surface area contributed by atoms with E-state index in [-0.39, 0.29) is 5.91 Å². The zero-order valence-electron chi connectivity index (χ0n) is 13.2. The van der Waals surface area contributed by atoms with Gasteiger partial charge in [-0.3, -0.25) is 4.79 Å². The Labute approximate surface area is 145 Å². The van der Waals surface area contributed by atoms with Crippen molar-refractivity contribution in [1.82, 2.24) is 4.98 Å². The zero-order valence-corrected chi connectivity index (χ0v) is 14.0. The molecule has 2 aromatic rings. The van der Waals surface area contributed by atoms with Crippen molar-refractivity contribution < 1.29 is 14.3 Å². The molecule has 0 bridgehead atoms. The van der Waals surface area contributed by atoms with Crippen LogP contribution in [0, 0.1) is 0 Å². The Morgan fingerprint density at radius 2 is 2.00 bits per heavy atom. The van der Waals surface area contributed by atoms with E-state index in [1.54, 1.807) is 19.1 Å². The van der Waals surface area contributed by atoms with Gasteiger partial charge in [-0.15, -0.1) is 0 Å². The first-order chi connectivity index (χ1) is 11.6. The van der Waals surface area contributed by atoms with E-state index < -0.39 is 6.04 Å². The Hall–Kier alpha value is -2.47. The molecule has 1 aromatic carbocycles. The number of carbonyl (C=O) groups is 1.